The zero-order chi connectivity index (χ0) is 17.1. The molecule has 0 heterocycles. The first-order valence-electron chi connectivity index (χ1n) is 7.24. The first-order chi connectivity index (χ1) is 11.5. The maximum Gasteiger partial charge on any atom is 0.271 e. The highest BCUT2D eigenvalue weighted by Crippen LogP contribution is 2.22. The van der Waals surface area contributed by atoms with Crippen LogP contribution in [0.5, 0.6) is 0 Å². The van der Waals surface area contributed by atoms with Crippen LogP contribution in [-0.4, -0.2) is 10.8 Å². The number of halogens is 1. The summed E-state index contributed by atoms with van der Waals surface area (Å²) < 4.78 is 13.7. The van der Waals surface area contributed by atoms with Gasteiger partial charge in [0.2, 0.25) is 5.91 Å². The van der Waals surface area contributed by atoms with Crippen LogP contribution in [0.1, 0.15) is 5.56 Å². The number of nitrogens with one attached hydrogen (secondary N) is 1. The van der Waals surface area contributed by atoms with Gasteiger partial charge in [0, 0.05) is 12.1 Å². The van der Waals surface area contributed by atoms with Crippen LogP contribution in [0.2, 0.25) is 0 Å². The minimum Gasteiger partial charge on any atom is -0.323 e. The second-order valence-electron chi connectivity index (χ2n) is 5.33. The van der Waals surface area contributed by atoms with Gasteiger partial charge in [0.25, 0.3) is 5.69 Å². The van der Waals surface area contributed by atoms with Crippen LogP contribution in [0.15, 0.2) is 60.7 Å². The molecule has 0 saturated carbocycles. The molecule has 0 atom stereocenters. The molecule has 0 fully saturated rings. The van der Waals surface area contributed by atoms with Crippen molar-refractivity contribution in [3.63, 3.8) is 0 Å². The summed E-state index contributed by atoms with van der Waals surface area (Å²) in [4.78, 5) is 22.2. The summed E-state index contributed by atoms with van der Waals surface area (Å²) in [5.74, 6) is -1.16. The molecule has 24 heavy (non-hydrogen) atoms. The van der Waals surface area contributed by atoms with Crippen LogP contribution < -0.4 is 5.32 Å². The smallest absolute Gasteiger partial charge is 0.271 e. The van der Waals surface area contributed by atoms with E-state index < -0.39 is 16.6 Å². The Hall–Kier alpha value is -3.28. The second kappa shape index (κ2) is 6.45. The Kier molecular flexibility index (Phi) is 4.20. The van der Waals surface area contributed by atoms with Crippen molar-refractivity contribution in [3.05, 3.63) is 82.2 Å². The summed E-state index contributed by atoms with van der Waals surface area (Å²) in [6.07, 6.45) is 0.0486. The van der Waals surface area contributed by atoms with Gasteiger partial charge in [0.05, 0.1) is 17.0 Å². The van der Waals surface area contributed by atoms with Crippen molar-refractivity contribution < 1.29 is 14.1 Å². The fraction of sp³-hybridized carbons (Fsp3) is 0.0556. The number of carbonyl (C=O) groups is 1. The number of nitro groups is 1. The Balaban J connectivity index is 1.77. The van der Waals surface area contributed by atoms with Crippen LogP contribution >= 0.6 is 0 Å². The van der Waals surface area contributed by atoms with Gasteiger partial charge in [0.15, 0.2) is 0 Å². The molecule has 1 N–H and O–H groups in total. The lowest BCUT2D eigenvalue weighted by Crippen LogP contribution is -2.15. The quantitative estimate of drug-likeness (QED) is 0.581. The van der Waals surface area contributed by atoms with Crippen molar-refractivity contribution in [1.29, 1.82) is 0 Å². The van der Waals surface area contributed by atoms with Crippen molar-refractivity contribution in [2.24, 2.45) is 0 Å². The minimum atomic E-state index is -0.715. The third kappa shape index (κ3) is 3.38. The van der Waals surface area contributed by atoms with Crippen LogP contribution in [-0.2, 0) is 11.2 Å². The van der Waals surface area contributed by atoms with Gasteiger partial charge in [-0.1, -0.05) is 42.5 Å². The molecule has 0 aromatic heterocycles. The second-order valence-corrected chi connectivity index (χ2v) is 5.33. The monoisotopic (exact) mass is 324 g/mol. The van der Waals surface area contributed by atoms with E-state index in [0.717, 1.165) is 34.5 Å². The number of nitrogens with zero attached hydrogens (tertiary/aromatic N) is 1. The van der Waals surface area contributed by atoms with Gasteiger partial charge in [-0.3, -0.25) is 14.9 Å². The SMILES string of the molecule is O=C(Cc1ccc2ccccc2c1)Nc1cc([N+](=O)[O-])ccc1F. The van der Waals surface area contributed by atoms with E-state index in [4.69, 9.17) is 0 Å². The molecule has 0 unspecified atom stereocenters. The number of rotatable bonds is 4. The van der Waals surface area contributed by atoms with E-state index in [-0.39, 0.29) is 17.8 Å². The molecule has 1 amide bonds. The van der Waals surface area contributed by atoms with E-state index in [9.17, 15) is 19.3 Å². The van der Waals surface area contributed by atoms with Crippen molar-refractivity contribution in [3.8, 4) is 0 Å². The summed E-state index contributed by atoms with van der Waals surface area (Å²) in [6.45, 7) is 0. The molecule has 0 spiro atoms. The number of fused-ring (bicyclic) bond motifs is 1. The molecular formula is C18H13FN2O3. The van der Waals surface area contributed by atoms with E-state index in [2.05, 4.69) is 5.32 Å². The molecule has 120 valence electrons. The number of amides is 1. The van der Waals surface area contributed by atoms with E-state index in [1.54, 1.807) is 0 Å². The molecule has 3 aromatic rings. The average Bonchev–Trinajstić information content (AvgIpc) is 2.56. The Labute approximate surface area is 136 Å². The van der Waals surface area contributed by atoms with E-state index in [1.165, 1.54) is 0 Å². The number of anilines is 1. The topological polar surface area (TPSA) is 72.2 Å². The largest absolute Gasteiger partial charge is 0.323 e. The van der Waals surface area contributed by atoms with Gasteiger partial charge in [-0.15, -0.1) is 0 Å². The first-order valence-corrected chi connectivity index (χ1v) is 7.24. The molecule has 0 aliphatic heterocycles. The third-order valence-electron chi connectivity index (χ3n) is 3.61. The fourth-order valence-electron chi connectivity index (χ4n) is 2.45. The number of nitro benzene ring substituents is 1. The highest BCUT2D eigenvalue weighted by atomic mass is 19.1. The number of hydrogen-bond acceptors (Lipinski definition) is 3. The summed E-state index contributed by atoms with van der Waals surface area (Å²) in [6, 6.07) is 16.4. The minimum absolute atomic E-state index is 0.0486. The third-order valence-corrected chi connectivity index (χ3v) is 3.61. The zero-order valence-corrected chi connectivity index (χ0v) is 12.5. The van der Waals surface area contributed by atoms with E-state index in [1.807, 2.05) is 42.5 Å². The lowest BCUT2D eigenvalue weighted by Gasteiger charge is -2.07. The number of carbonyl (C=O) groups excluding carboxylic acids is 1. The highest BCUT2D eigenvalue weighted by molar-refractivity contribution is 5.93. The number of non-ortho nitro benzene ring substituents is 1. The van der Waals surface area contributed by atoms with Crippen LogP contribution in [0, 0.1) is 15.9 Å². The van der Waals surface area contributed by atoms with Crippen LogP contribution in [0.25, 0.3) is 10.8 Å². The van der Waals surface area contributed by atoms with Crippen molar-refractivity contribution in [2.45, 2.75) is 6.42 Å². The Morgan fingerprint density at radius 2 is 1.79 bits per heavy atom. The summed E-state index contributed by atoms with van der Waals surface area (Å²) >= 11 is 0. The molecule has 3 aromatic carbocycles. The zero-order valence-electron chi connectivity index (χ0n) is 12.5. The number of benzene rings is 3. The number of hydrogen-bond donors (Lipinski definition) is 1. The molecule has 5 nitrogen and oxygen atoms in total. The molecule has 0 radical (unpaired) electrons. The van der Waals surface area contributed by atoms with E-state index in [0.29, 0.717) is 0 Å². The predicted molar refractivity (Wildman–Crippen MR) is 89.3 cm³/mol. The summed E-state index contributed by atoms with van der Waals surface area (Å²) in [5.41, 5.74) is 0.296. The fourth-order valence-corrected chi connectivity index (χ4v) is 2.45. The summed E-state index contributed by atoms with van der Waals surface area (Å²) in [5, 5.41) is 15.2. The van der Waals surface area contributed by atoms with E-state index >= 15 is 0 Å². The lowest BCUT2D eigenvalue weighted by molar-refractivity contribution is -0.384. The molecular weight excluding hydrogens is 311 g/mol. The van der Waals surface area contributed by atoms with Gasteiger partial charge in [-0.2, -0.15) is 0 Å². The van der Waals surface area contributed by atoms with Gasteiger partial charge < -0.3 is 5.32 Å². The van der Waals surface area contributed by atoms with Crippen molar-refractivity contribution >= 4 is 28.1 Å². The Morgan fingerprint density at radius 3 is 2.54 bits per heavy atom. The van der Waals surface area contributed by atoms with Crippen LogP contribution in [0.3, 0.4) is 0 Å². The summed E-state index contributed by atoms with van der Waals surface area (Å²) in [7, 11) is 0. The maximum atomic E-state index is 13.7. The Morgan fingerprint density at radius 1 is 1.04 bits per heavy atom. The first kappa shape index (κ1) is 15.6. The van der Waals surface area contributed by atoms with Gasteiger partial charge in [-0.25, -0.2) is 4.39 Å². The molecule has 0 bridgehead atoms. The average molecular weight is 324 g/mol. The van der Waals surface area contributed by atoms with Crippen molar-refractivity contribution in [2.75, 3.05) is 5.32 Å². The normalized spacial score (nSPS) is 10.5. The van der Waals surface area contributed by atoms with Crippen molar-refractivity contribution in [1.82, 2.24) is 0 Å². The molecule has 0 aliphatic carbocycles. The van der Waals surface area contributed by atoms with Crippen LogP contribution in [0.4, 0.5) is 15.8 Å². The molecule has 0 saturated heterocycles. The van der Waals surface area contributed by atoms with Gasteiger partial charge in [-0.05, 0) is 22.4 Å². The standard InChI is InChI=1S/C18H13FN2O3/c19-16-8-7-15(21(23)24)11-17(16)20-18(22)10-12-5-6-13-3-1-2-4-14(13)9-12/h1-9,11H,10H2,(H,20,22). The van der Waals surface area contributed by atoms with Gasteiger partial charge in [0.1, 0.15) is 5.82 Å². The molecule has 6 heteroatoms. The Bertz CT molecular complexity index is 940. The predicted octanol–water partition coefficient (Wildman–Crippen LogP) is 4.07. The maximum absolute atomic E-state index is 13.7. The van der Waals surface area contributed by atoms with Gasteiger partial charge >= 0.3 is 0 Å². The molecule has 3 rings (SSSR count). The lowest BCUT2D eigenvalue weighted by atomic mass is 10.0. The molecule has 0 aliphatic rings. The highest BCUT2D eigenvalue weighted by Gasteiger charge is 2.13.